The lowest BCUT2D eigenvalue weighted by Crippen LogP contribution is -2.06. The van der Waals surface area contributed by atoms with Gasteiger partial charge in [-0.2, -0.15) is 0 Å². The molecule has 2 nitrogen and oxygen atoms in total. The molecule has 0 amide bonds. The van der Waals surface area contributed by atoms with E-state index in [0.29, 0.717) is 11.2 Å². The predicted molar refractivity (Wildman–Crippen MR) is 68.6 cm³/mol. The van der Waals surface area contributed by atoms with Gasteiger partial charge in [0.1, 0.15) is 5.82 Å². The van der Waals surface area contributed by atoms with Crippen molar-refractivity contribution in [2.75, 3.05) is 11.9 Å². The van der Waals surface area contributed by atoms with E-state index < -0.39 is 0 Å². The number of aromatic nitrogens is 1. The van der Waals surface area contributed by atoms with Crippen LogP contribution < -0.4 is 5.32 Å². The summed E-state index contributed by atoms with van der Waals surface area (Å²) in [7, 11) is 0. The highest BCUT2D eigenvalue weighted by Crippen LogP contribution is 2.26. The van der Waals surface area contributed by atoms with Crippen molar-refractivity contribution in [1.29, 1.82) is 0 Å². The monoisotopic (exact) mass is 224 g/mol. The Morgan fingerprint density at radius 3 is 2.67 bits per heavy atom. The molecule has 1 N–H and O–H groups in total. The SMILES string of the molecule is CCNc1cccc(SC(C)C(C)C)n1. The van der Waals surface area contributed by atoms with E-state index >= 15 is 0 Å². The molecule has 1 aromatic rings. The molecule has 0 spiro atoms. The number of hydrogen-bond donors (Lipinski definition) is 1. The van der Waals surface area contributed by atoms with Crippen LogP contribution in [0.5, 0.6) is 0 Å². The van der Waals surface area contributed by atoms with Crippen molar-refractivity contribution in [2.24, 2.45) is 5.92 Å². The predicted octanol–water partition coefficient (Wildman–Crippen LogP) is 3.65. The second-order valence-electron chi connectivity index (χ2n) is 3.96. The molecule has 1 aromatic heterocycles. The third-order valence-corrected chi connectivity index (χ3v) is 3.71. The zero-order valence-corrected chi connectivity index (χ0v) is 10.8. The summed E-state index contributed by atoms with van der Waals surface area (Å²) in [4.78, 5) is 4.54. The topological polar surface area (TPSA) is 24.9 Å². The summed E-state index contributed by atoms with van der Waals surface area (Å²) in [6, 6.07) is 6.14. The molecule has 0 saturated heterocycles. The fourth-order valence-corrected chi connectivity index (χ4v) is 2.05. The van der Waals surface area contributed by atoms with E-state index in [2.05, 4.69) is 50.1 Å². The van der Waals surface area contributed by atoms with Gasteiger partial charge in [0.05, 0.1) is 5.03 Å². The number of thioether (sulfide) groups is 1. The summed E-state index contributed by atoms with van der Waals surface area (Å²) in [5, 5.41) is 4.94. The molecule has 1 atom stereocenters. The minimum atomic E-state index is 0.606. The minimum Gasteiger partial charge on any atom is -0.370 e. The van der Waals surface area contributed by atoms with E-state index in [1.807, 2.05) is 17.8 Å². The van der Waals surface area contributed by atoms with Crippen molar-refractivity contribution < 1.29 is 0 Å². The maximum Gasteiger partial charge on any atom is 0.127 e. The van der Waals surface area contributed by atoms with Crippen molar-refractivity contribution in [3.63, 3.8) is 0 Å². The van der Waals surface area contributed by atoms with Gasteiger partial charge in [-0.05, 0) is 25.0 Å². The molecule has 0 aliphatic carbocycles. The first-order valence-electron chi connectivity index (χ1n) is 5.51. The first-order chi connectivity index (χ1) is 7.13. The summed E-state index contributed by atoms with van der Waals surface area (Å²) < 4.78 is 0. The highest BCUT2D eigenvalue weighted by molar-refractivity contribution is 7.99. The van der Waals surface area contributed by atoms with Crippen molar-refractivity contribution in [1.82, 2.24) is 4.98 Å². The van der Waals surface area contributed by atoms with Gasteiger partial charge >= 0.3 is 0 Å². The number of nitrogens with one attached hydrogen (secondary N) is 1. The largest absolute Gasteiger partial charge is 0.370 e. The Kier molecular flexibility index (Phi) is 4.95. The standard InChI is InChI=1S/C12H20N2S/c1-5-13-11-7-6-8-12(14-11)15-10(4)9(2)3/h6-10H,5H2,1-4H3,(H,13,14). The molecule has 0 saturated carbocycles. The fraction of sp³-hybridized carbons (Fsp3) is 0.583. The van der Waals surface area contributed by atoms with E-state index in [1.165, 1.54) is 0 Å². The normalized spacial score (nSPS) is 12.9. The van der Waals surface area contributed by atoms with Gasteiger partial charge in [-0.15, -0.1) is 11.8 Å². The van der Waals surface area contributed by atoms with E-state index in [-0.39, 0.29) is 0 Å². The Balaban J connectivity index is 2.64. The van der Waals surface area contributed by atoms with Gasteiger partial charge in [0.15, 0.2) is 0 Å². The van der Waals surface area contributed by atoms with Crippen LogP contribution in [0.4, 0.5) is 5.82 Å². The van der Waals surface area contributed by atoms with Gasteiger partial charge in [-0.3, -0.25) is 0 Å². The van der Waals surface area contributed by atoms with E-state index in [9.17, 15) is 0 Å². The molecule has 0 aliphatic heterocycles. The molecule has 15 heavy (non-hydrogen) atoms. The number of hydrogen-bond acceptors (Lipinski definition) is 3. The highest BCUT2D eigenvalue weighted by atomic mass is 32.2. The Morgan fingerprint density at radius 2 is 2.07 bits per heavy atom. The zero-order chi connectivity index (χ0) is 11.3. The Morgan fingerprint density at radius 1 is 1.33 bits per heavy atom. The van der Waals surface area contributed by atoms with E-state index in [1.54, 1.807) is 0 Å². The van der Waals surface area contributed by atoms with Crippen molar-refractivity contribution >= 4 is 17.6 Å². The van der Waals surface area contributed by atoms with Crippen molar-refractivity contribution in [3.8, 4) is 0 Å². The van der Waals surface area contributed by atoms with Gasteiger partial charge in [0.2, 0.25) is 0 Å². The fourth-order valence-electron chi connectivity index (χ4n) is 1.09. The van der Waals surface area contributed by atoms with Crippen LogP contribution in [0.2, 0.25) is 0 Å². The molecule has 0 aliphatic rings. The van der Waals surface area contributed by atoms with Gasteiger partial charge in [0.25, 0.3) is 0 Å². The third kappa shape index (κ3) is 4.12. The maximum absolute atomic E-state index is 4.54. The van der Waals surface area contributed by atoms with Crippen LogP contribution in [-0.2, 0) is 0 Å². The second-order valence-corrected chi connectivity index (χ2v) is 5.36. The number of nitrogens with zero attached hydrogens (tertiary/aromatic N) is 1. The second kappa shape index (κ2) is 6.01. The summed E-state index contributed by atoms with van der Waals surface area (Å²) in [6.07, 6.45) is 0. The van der Waals surface area contributed by atoms with Gasteiger partial charge in [-0.25, -0.2) is 4.98 Å². The van der Waals surface area contributed by atoms with Crippen LogP contribution in [0.3, 0.4) is 0 Å². The molecule has 0 fully saturated rings. The smallest absolute Gasteiger partial charge is 0.127 e. The Bertz CT molecular complexity index is 299. The van der Waals surface area contributed by atoms with Crippen molar-refractivity contribution in [2.45, 2.75) is 38.0 Å². The molecule has 84 valence electrons. The van der Waals surface area contributed by atoms with Gasteiger partial charge in [0, 0.05) is 11.8 Å². The molecular formula is C12H20N2S. The summed E-state index contributed by atoms with van der Waals surface area (Å²) in [5.74, 6) is 1.65. The number of rotatable bonds is 5. The minimum absolute atomic E-state index is 0.606. The summed E-state index contributed by atoms with van der Waals surface area (Å²) in [6.45, 7) is 9.73. The van der Waals surface area contributed by atoms with Crippen LogP contribution in [0.1, 0.15) is 27.7 Å². The molecule has 0 aromatic carbocycles. The zero-order valence-electron chi connectivity index (χ0n) is 9.95. The first-order valence-corrected chi connectivity index (χ1v) is 6.39. The van der Waals surface area contributed by atoms with E-state index in [0.717, 1.165) is 17.4 Å². The van der Waals surface area contributed by atoms with Crippen LogP contribution >= 0.6 is 11.8 Å². The summed E-state index contributed by atoms with van der Waals surface area (Å²) >= 11 is 1.84. The lowest BCUT2D eigenvalue weighted by Gasteiger charge is -2.14. The number of pyridine rings is 1. The molecule has 0 bridgehead atoms. The van der Waals surface area contributed by atoms with Gasteiger partial charge in [-0.1, -0.05) is 26.8 Å². The Hall–Kier alpha value is -0.700. The van der Waals surface area contributed by atoms with Crippen LogP contribution in [-0.4, -0.2) is 16.8 Å². The van der Waals surface area contributed by atoms with Crippen LogP contribution in [0, 0.1) is 5.92 Å². The molecule has 1 heterocycles. The van der Waals surface area contributed by atoms with E-state index in [4.69, 9.17) is 0 Å². The first kappa shape index (κ1) is 12.4. The lowest BCUT2D eigenvalue weighted by atomic mass is 10.2. The van der Waals surface area contributed by atoms with Crippen LogP contribution in [0.25, 0.3) is 0 Å². The highest BCUT2D eigenvalue weighted by Gasteiger charge is 2.09. The lowest BCUT2D eigenvalue weighted by molar-refractivity contribution is 0.641. The Labute approximate surface area is 96.9 Å². The van der Waals surface area contributed by atoms with Gasteiger partial charge < -0.3 is 5.32 Å². The molecule has 1 rings (SSSR count). The third-order valence-electron chi connectivity index (χ3n) is 2.33. The number of anilines is 1. The molecule has 1 unspecified atom stereocenters. The van der Waals surface area contributed by atoms with Crippen LogP contribution in [0.15, 0.2) is 23.2 Å². The van der Waals surface area contributed by atoms with Crippen molar-refractivity contribution in [3.05, 3.63) is 18.2 Å². The average molecular weight is 224 g/mol. The summed E-state index contributed by atoms with van der Waals surface area (Å²) in [5.41, 5.74) is 0. The maximum atomic E-state index is 4.54. The average Bonchev–Trinajstić information content (AvgIpc) is 2.18. The molecular weight excluding hydrogens is 204 g/mol. The molecule has 3 heteroatoms. The quantitative estimate of drug-likeness (QED) is 0.773. The molecule has 0 radical (unpaired) electrons.